The summed E-state index contributed by atoms with van der Waals surface area (Å²) in [6.07, 6.45) is 3.38. The van der Waals surface area contributed by atoms with Crippen molar-refractivity contribution in [2.75, 3.05) is 18.5 Å². The van der Waals surface area contributed by atoms with E-state index < -0.39 is 0 Å². The van der Waals surface area contributed by atoms with Gasteiger partial charge >= 0.3 is 0 Å². The molecule has 0 spiro atoms. The average Bonchev–Trinajstić information content (AvgIpc) is 2.87. The van der Waals surface area contributed by atoms with Crippen LogP contribution in [-0.4, -0.2) is 28.0 Å². The predicted octanol–water partition coefficient (Wildman–Crippen LogP) is 2.92. The molecular weight excluding hydrogens is 308 g/mol. The van der Waals surface area contributed by atoms with Crippen LogP contribution in [-0.2, 0) is 6.54 Å². The molecule has 0 aliphatic heterocycles. The van der Waals surface area contributed by atoms with E-state index in [9.17, 15) is 0 Å². The van der Waals surface area contributed by atoms with Gasteiger partial charge in [0, 0.05) is 12.7 Å². The molecule has 0 radical (unpaired) electrons. The summed E-state index contributed by atoms with van der Waals surface area (Å²) in [4.78, 5) is 0. The van der Waals surface area contributed by atoms with Crippen LogP contribution in [0.2, 0.25) is 5.02 Å². The van der Waals surface area contributed by atoms with Crippen LogP contribution in [0.5, 0.6) is 5.75 Å². The second kappa shape index (κ2) is 7.85. The number of hydrogen-bond donors (Lipinski definition) is 2. The number of hydrogen-bond acceptors (Lipinski definition) is 3. The van der Waals surface area contributed by atoms with Crippen molar-refractivity contribution in [1.29, 1.82) is 0 Å². The van der Waals surface area contributed by atoms with Crippen LogP contribution in [0.1, 0.15) is 6.92 Å². The van der Waals surface area contributed by atoms with Gasteiger partial charge in [0.25, 0.3) is 0 Å². The first-order valence-electron chi connectivity index (χ1n) is 6.63. The summed E-state index contributed by atoms with van der Waals surface area (Å²) in [6, 6.07) is 7.68. The third kappa shape index (κ3) is 4.91. The van der Waals surface area contributed by atoms with Crippen LogP contribution in [0.4, 0.5) is 5.69 Å². The highest BCUT2D eigenvalue weighted by atomic mass is 35.5. The zero-order valence-corrected chi connectivity index (χ0v) is 13.2. The third-order valence-corrected chi connectivity index (χ3v) is 3.10. The van der Waals surface area contributed by atoms with E-state index in [1.165, 1.54) is 0 Å². The molecule has 21 heavy (non-hydrogen) atoms. The smallest absolute Gasteiger partial charge is 0.170 e. The number of anilines is 1. The van der Waals surface area contributed by atoms with Crippen molar-refractivity contribution in [3.63, 3.8) is 0 Å². The lowest BCUT2D eigenvalue weighted by Crippen LogP contribution is -2.31. The van der Waals surface area contributed by atoms with Gasteiger partial charge in [0.1, 0.15) is 5.75 Å². The maximum atomic E-state index is 5.80. The lowest BCUT2D eigenvalue weighted by Gasteiger charge is -2.14. The number of thiocarbonyl (C=S) groups is 1. The molecule has 5 nitrogen and oxygen atoms in total. The van der Waals surface area contributed by atoms with Gasteiger partial charge in [-0.1, -0.05) is 23.7 Å². The molecule has 0 unspecified atom stereocenters. The Morgan fingerprint density at radius 2 is 2.24 bits per heavy atom. The van der Waals surface area contributed by atoms with Crippen LogP contribution in [0.3, 0.4) is 0 Å². The van der Waals surface area contributed by atoms with Crippen molar-refractivity contribution < 1.29 is 4.74 Å². The van der Waals surface area contributed by atoms with Gasteiger partial charge in [-0.15, -0.1) is 0 Å². The third-order valence-electron chi connectivity index (χ3n) is 2.66. The minimum Gasteiger partial charge on any atom is -0.492 e. The Balaban J connectivity index is 1.81. The van der Waals surface area contributed by atoms with Crippen molar-refractivity contribution in [2.24, 2.45) is 0 Å². The molecule has 1 aromatic heterocycles. The summed E-state index contributed by atoms with van der Waals surface area (Å²) < 4.78 is 7.29. The summed E-state index contributed by atoms with van der Waals surface area (Å²) in [7, 11) is 0. The molecule has 0 fully saturated rings. The largest absolute Gasteiger partial charge is 0.492 e. The molecular formula is C14H17ClN4OS. The van der Waals surface area contributed by atoms with Gasteiger partial charge in [0.15, 0.2) is 5.11 Å². The second-order valence-corrected chi connectivity index (χ2v) is 5.08. The molecule has 112 valence electrons. The molecule has 0 aliphatic carbocycles. The van der Waals surface area contributed by atoms with Crippen LogP contribution >= 0.6 is 23.8 Å². The standard InChI is InChI=1S/C14H17ClN4OS/c1-2-20-13-6-4-3-5-12(13)18-14(21)16-7-8-19-10-11(15)9-17-19/h3-6,9-10H,2,7-8H2,1H3,(H2,16,18,21). The fraction of sp³-hybridized carbons (Fsp3) is 0.286. The molecule has 1 aromatic carbocycles. The summed E-state index contributed by atoms with van der Waals surface area (Å²) in [5.41, 5.74) is 0.846. The van der Waals surface area contributed by atoms with Crippen LogP contribution in [0, 0.1) is 0 Å². The molecule has 2 aromatic rings. The first-order valence-corrected chi connectivity index (χ1v) is 7.42. The summed E-state index contributed by atoms with van der Waals surface area (Å²) in [6.45, 7) is 3.89. The quantitative estimate of drug-likeness (QED) is 0.800. The number of para-hydroxylation sites is 2. The normalized spacial score (nSPS) is 10.2. The zero-order chi connectivity index (χ0) is 15.1. The van der Waals surface area contributed by atoms with Crippen molar-refractivity contribution in [3.8, 4) is 5.75 Å². The monoisotopic (exact) mass is 324 g/mol. The topological polar surface area (TPSA) is 51.1 Å². The molecule has 0 aliphatic rings. The Morgan fingerprint density at radius 1 is 1.43 bits per heavy atom. The van der Waals surface area contributed by atoms with E-state index in [0.717, 1.165) is 11.4 Å². The van der Waals surface area contributed by atoms with E-state index in [1.807, 2.05) is 31.2 Å². The molecule has 0 saturated carbocycles. The number of aromatic nitrogens is 2. The van der Waals surface area contributed by atoms with Gasteiger partial charge in [-0.3, -0.25) is 4.68 Å². The Hall–Kier alpha value is -1.79. The fourth-order valence-corrected chi connectivity index (χ4v) is 2.13. The number of nitrogens with one attached hydrogen (secondary N) is 2. The number of nitrogens with zero attached hydrogens (tertiary/aromatic N) is 2. The van der Waals surface area contributed by atoms with Gasteiger partial charge in [-0.05, 0) is 31.3 Å². The second-order valence-electron chi connectivity index (χ2n) is 4.23. The van der Waals surface area contributed by atoms with E-state index in [2.05, 4.69) is 15.7 Å². The molecule has 0 saturated heterocycles. The van der Waals surface area contributed by atoms with Crippen LogP contribution in [0.25, 0.3) is 0 Å². The number of ether oxygens (including phenoxy) is 1. The van der Waals surface area contributed by atoms with Crippen LogP contribution in [0.15, 0.2) is 36.7 Å². The Morgan fingerprint density at radius 3 is 2.95 bits per heavy atom. The van der Waals surface area contributed by atoms with E-state index >= 15 is 0 Å². The van der Waals surface area contributed by atoms with Gasteiger partial charge in [0.2, 0.25) is 0 Å². The first-order chi connectivity index (χ1) is 10.2. The average molecular weight is 325 g/mol. The highest BCUT2D eigenvalue weighted by Crippen LogP contribution is 2.23. The summed E-state index contributed by atoms with van der Waals surface area (Å²) >= 11 is 11.1. The van der Waals surface area contributed by atoms with Crippen molar-refractivity contribution in [1.82, 2.24) is 15.1 Å². The van der Waals surface area contributed by atoms with Crippen molar-refractivity contribution in [2.45, 2.75) is 13.5 Å². The molecule has 2 rings (SSSR count). The van der Waals surface area contributed by atoms with E-state index in [-0.39, 0.29) is 0 Å². The molecule has 7 heteroatoms. The zero-order valence-electron chi connectivity index (χ0n) is 11.7. The van der Waals surface area contributed by atoms with E-state index in [1.54, 1.807) is 17.1 Å². The van der Waals surface area contributed by atoms with E-state index in [4.69, 9.17) is 28.6 Å². The number of halogens is 1. The molecule has 0 bridgehead atoms. The molecule has 0 amide bonds. The SMILES string of the molecule is CCOc1ccccc1NC(=S)NCCn1cc(Cl)cn1. The molecule has 0 atom stereocenters. The molecule has 1 heterocycles. The van der Waals surface area contributed by atoms with E-state index in [0.29, 0.717) is 29.8 Å². The Bertz CT molecular complexity index is 602. The van der Waals surface area contributed by atoms with Gasteiger partial charge in [-0.25, -0.2) is 0 Å². The minimum absolute atomic E-state index is 0.542. The Kier molecular flexibility index (Phi) is 5.83. The highest BCUT2D eigenvalue weighted by Gasteiger charge is 2.04. The van der Waals surface area contributed by atoms with Crippen LogP contribution < -0.4 is 15.4 Å². The maximum Gasteiger partial charge on any atom is 0.170 e. The number of benzene rings is 1. The lowest BCUT2D eigenvalue weighted by atomic mass is 10.3. The number of rotatable bonds is 6. The predicted molar refractivity (Wildman–Crippen MR) is 89.1 cm³/mol. The summed E-state index contributed by atoms with van der Waals surface area (Å²) in [5, 5.41) is 11.5. The van der Waals surface area contributed by atoms with Crippen molar-refractivity contribution in [3.05, 3.63) is 41.7 Å². The van der Waals surface area contributed by atoms with Gasteiger partial charge < -0.3 is 15.4 Å². The fourth-order valence-electron chi connectivity index (χ4n) is 1.76. The van der Waals surface area contributed by atoms with Gasteiger partial charge in [0.05, 0.1) is 30.1 Å². The van der Waals surface area contributed by atoms with Gasteiger partial charge in [-0.2, -0.15) is 5.10 Å². The molecule has 2 N–H and O–H groups in total. The minimum atomic E-state index is 0.542. The van der Waals surface area contributed by atoms with Crippen molar-refractivity contribution >= 4 is 34.6 Å². The Labute approximate surface area is 134 Å². The summed E-state index contributed by atoms with van der Waals surface area (Å²) in [5.74, 6) is 0.781. The maximum absolute atomic E-state index is 5.80. The lowest BCUT2D eigenvalue weighted by molar-refractivity contribution is 0.342. The first kappa shape index (κ1) is 15.6. The highest BCUT2D eigenvalue weighted by molar-refractivity contribution is 7.80.